The van der Waals surface area contributed by atoms with Crippen LogP contribution in [0.4, 0.5) is 5.95 Å². The molecule has 0 saturated heterocycles. The van der Waals surface area contributed by atoms with Crippen molar-refractivity contribution in [3.05, 3.63) is 42.0 Å². The highest BCUT2D eigenvalue weighted by atomic mass is 16.5. The van der Waals surface area contributed by atoms with Gasteiger partial charge in [-0.15, -0.1) is 0 Å². The van der Waals surface area contributed by atoms with Crippen LogP contribution in [0.25, 0.3) is 22.3 Å². The van der Waals surface area contributed by atoms with Crippen molar-refractivity contribution in [2.45, 2.75) is 13.0 Å². The highest BCUT2D eigenvalue weighted by Gasteiger charge is 2.15. The van der Waals surface area contributed by atoms with E-state index in [2.05, 4.69) is 15.0 Å². The van der Waals surface area contributed by atoms with E-state index in [0.717, 1.165) is 11.8 Å². The largest absolute Gasteiger partial charge is 0.471 e. The lowest BCUT2D eigenvalue weighted by Crippen LogP contribution is -2.19. The lowest BCUT2D eigenvalue weighted by atomic mass is 10.0. The Morgan fingerprint density at radius 2 is 1.96 bits per heavy atom. The van der Waals surface area contributed by atoms with E-state index in [1.165, 1.54) is 0 Å². The zero-order valence-corrected chi connectivity index (χ0v) is 14.0. The van der Waals surface area contributed by atoms with E-state index in [4.69, 9.17) is 15.2 Å². The van der Waals surface area contributed by atoms with Gasteiger partial charge in [-0.1, -0.05) is 24.3 Å². The molecule has 7 nitrogen and oxygen atoms in total. The topological polar surface area (TPSA) is 100 Å². The molecular weight excluding hydrogens is 320 g/mol. The zero-order chi connectivity index (χ0) is 17.8. The number of anilines is 1. The number of carbonyl (C=O) groups is 1. The molecule has 2 aromatic heterocycles. The van der Waals surface area contributed by atoms with Crippen LogP contribution in [0.1, 0.15) is 17.3 Å². The Morgan fingerprint density at radius 1 is 1.16 bits per heavy atom. The van der Waals surface area contributed by atoms with Gasteiger partial charge < -0.3 is 15.2 Å². The monoisotopic (exact) mass is 338 g/mol. The van der Waals surface area contributed by atoms with Crippen LogP contribution in [-0.4, -0.2) is 41.1 Å². The van der Waals surface area contributed by atoms with Crippen LogP contribution in [-0.2, 0) is 4.74 Å². The zero-order valence-electron chi connectivity index (χ0n) is 14.0. The molecule has 0 aliphatic heterocycles. The molecule has 0 unspecified atom stereocenters. The lowest BCUT2D eigenvalue weighted by Gasteiger charge is -2.14. The Balaban J connectivity index is 2.12. The molecule has 25 heavy (non-hydrogen) atoms. The van der Waals surface area contributed by atoms with Crippen molar-refractivity contribution in [1.82, 2.24) is 15.0 Å². The first kappa shape index (κ1) is 16.8. The van der Waals surface area contributed by atoms with Crippen LogP contribution in [0.3, 0.4) is 0 Å². The van der Waals surface area contributed by atoms with Crippen molar-refractivity contribution in [1.29, 1.82) is 0 Å². The van der Waals surface area contributed by atoms with Gasteiger partial charge in [0.1, 0.15) is 6.10 Å². The van der Waals surface area contributed by atoms with E-state index < -0.39 is 0 Å². The Bertz CT molecular complexity index is 914. The quantitative estimate of drug-likeness (QED) is 0.689. The highest BCUT2D eigenvalue weighted by Crippen LogP contribution is 2.27. The molecule has 1 aromatic carbocycles. The maximum Gasteiger partial charge on any atom is 0.245 e. The number of nitrogens with two attached hydrogens (primary N) is 1. The molecular formula is C18H18N4O3. The van der Waals surface area contributed by atoms with Crippen molar-refractivity contribution in [3.63, 3.8) is 0 Å². The number of rotatable bonds is 6. The molecule has 0 bridgehead atoms. The fourth-order valence-electron chi connectivity index (χ4n) is 2.53. The second kappa shape index (κ2) is 7.23. The second-order valence-electron chi connectivity index (χ2n) is 5.54. The number of pyridine rings is 1. The third-order valence-corrected chi connectivity index (χ3v) is 3.61. The van der Waals surface area contributed by atoms with Gasteiger partial charge in [0.25, 0.3) is 0 Å². The van der Waals surface area contributed by atoms with Crippen LogP contribution in [0.15, 0.2) is 36.4 Å². The number of nitrogen functional groups attached to an aromatic ring is 1. The Hall–Kier alpha value is -3.06. The van der Waals surface area contributed by atoms with E-state index >= 15 is 0 Å². The van der Waals surface area contributed by atoms with Crippen LogP contribution >= 0.6 is 0 Å². The minimum atomic E-state index is -0.227. The summed E-state index contributed by atoms with van der Waals surface area (Å²) in [4.78, 5) is 24.2. The second-order valence-corrected chi connectivity index (χ2v) is 5.54. The van der Waals surface area contributed by atoms with Gasteiger partial charge in [-0.25, -0.2) is 9.97 Å². The van der Waals surface area contributed by atoms with Gasteiger partial charge in [0, 0.05) is 18.2 Å². The Labute approximate surface area is 144 Å². The Kier molecular flexibility index (Phi) is 4.85. The number of fused-ring (bicyclic) bond motifs is 1. The van der Waals surface area contributed by atoms with Crippen LogP contribution < -0.4 is 10.5 Å². The maximum absolute atomic E-state index is 11.3. The standard InChI is InChI=1S/C18H18N4O3/c1-11(10-24-2)25-17-16-15(21-18(19)22-17)8-7-14(20-16)13-6-4-3-5-12(13)9-23/h3-9,11H,10H2,1-2H3,(H2,19,21,22)/t11-/m1/s1. The van der Waals surface area contributed by atoms with Gasteiger partial charge in [0.2, 0.25) is 11.8 Å². The summed E-state index contributed by atoms with van der Waals surface area (Å²) in [5.41, 5.74) is 8.73. The minimum Gasteiger partial charge on any atom is -0.471 e. The predicted octanol–water partition coefficient (Wildman–Crippen LogP) is 2.50. The summed E-state index contributed by atoms with van der Waals surface area (Å²) in [7, 11) is 1.60. The van der Waals surface area contributed by atoms with Crippen molar-refractivity contribution in [3.8, 4) is 17.1 Å². The summed E-state index contributed by atoms with van der Waals surface area (Å²) in [6.45, 7) is 2.26. The van der Waals surface area contributed by atoms with E-state index in [1.807, 2.05) is 19.1 Å². The number of benzene rings is 1. The highest BCUT2D eigenvalue weighted by molar-refractivity contribution is 5.89. The summed E-state index contributed by atoms with van der Waals surface area (Å²) in [5, 5.41) is 0. The van der Waals surface area contributed by atoms with Gasteiger partial charge in [-0.3, -0.25) is 4.79 Å². The van der Waals surface area contributed by atoms with Gasteiger partial charge >= 0.3 is 0 Å². The molecule has 0 aliphatic rings. The number of nitrogens with zero attached hydrogens (tertiary/aromatic N) is 3. The van der Waals surface area contributed by atoms with E-state index in [-0.39, 0.29) is 17.9 Å². The van der Waals surface area contributed by atoms with Gasteiger partial charge in [0.15, 0.2) is 11.8 Å². The predicted molar refractivity (Wildman–Crippen MR) is 94.5 cm³/mol. The molecule has 128 valence electrons. The first-order valence-electron chi connectivity index (χ1n) is 7.77. The van der Waals surface area contributed by atoms with Crippen LogP contribution in [0.2, 0.25) is 0 Å². The molecule has 2 N–H and O–H groups in total. The molecule has 0 amide bonds. The lowest BCUT2D eigenvalue weighted by molar-refractivity contribution is 0.0900. The average Bonchev–Trinajstić information content (AvgIpc) is 2.61. The molecule has 7 heteroatoms. The fourth-order valence-corrected chi connectivity index (χ4v) is 2.53. The molecule has 0 radical (unpaired) electrons. The van der Waals surface area contributed by atoms with Crippen molar-refractivity contribution in [2.24, 2.45) is 0 Å². The number of carbonyl (C=O) groups excluding carboxylic acids is 1. The summed E-state index contributed by atoms with van der Waals surface area (Å²) in [6.07, 6.45) is 0.578. The van der Waals surface area contributed by atoms with Gasteiger partial charge in [-0.2, -0.15) is 4.98 Å². The third-order valence-electron chi connectivity index (χ3n) is 3.61. The summed E-state index contributed by atoms with van der Waals surface area (Å²) in [6, 6.07) is 10.8. The van der Waals surface area contributed by atoms with E-state index in [1.54, 1.807) is 31.4 Å². The van der Waals surface area contributed by atoms with Crippen LogP contribution in [0, 0.1) is 0 Å². The number of methoxy groups -OCH3 is 1. The molecule has 3 aromatic rings. The molecule has 0 aliphatic carbocycles. The van der Waals surface area contributed by atoms with E-state index in [0.29, 0.717) is 28.9 Å². The molecule has 1 atom stereocenters. The molecule has 3 rings (SSSR count). The van der Waals surface area contributed by atoms with Crippen LogP contribution in [0.5, 0.6) is 5.88 Å². The fraction of sp³-hybridized carbons (Fsp3) is 0.222. The number of ether oxygens (including phenoxy) is 2. The smallest absolute Gasteiger partial charge is 0.245 e. The first-order valence-corrected chi connectivity index (χ1v) is 7.77. The first-order chi connectivity index (χ1) is 12.1. The molecule has 0 spiro atoms. The number of aromatic nitrogens is 3. The maximum atomic E-state index is 11.3. The summed E-state index contributed by atoms with van der Waals surface area (Å²) < 4.78 is 10.9. The molecule has 2 heterocycles. The normalized spacial score (nSPS) is 12.1. The summed E-state index contributed by atoms with van der Waals surface area (Å²) in [5.74, 6) is 0.396. The SMILES string of the molecule is COC[C@@H](C)Oc1nc(N)nc2ccc(-c3ccccc3C=O)nc12. The van der Waals surface area contributed by atoms with E-state index in [9.17, 15) is 4.79 Å². The minimum absolute atomic E-state index is 0.106. The summed E-state index contributed by atoms with van der Waals surface area (Å²) >= 11 is 0. The number of hydrogen-bond acceptors (Lipinski definition) is 7. The number of aldehydes is 1. The van der Waals surface area contributed by atoms with Crippen molar-refractivity contribution in [2.75, 3.05) is 19.5 Å². The molecule has 0 saturated carbocycles. The Morgan fingerprint density at radius 3 is 2.72 bits per heavy atom. The van der Waals surface area contributed by atoms with Gasteiger partial charge in [-0.05, 0) is 19.1 Å². The van der Waals surface area contributed by atoms with Crippen molar-refractivity contribution < 1.29 is 14.3 Å². The van der Waals surface area contributed by atoms with Gasteiger partial charge in [0.05, 0.1) is 17.8 Å². The molecule has 0 fully saturated rings. The average molecular weight is 338 g/mol. The van der Waals surface area contributed by atoms with Crippen molar-refractivity contribution >= 4 is 23.3 Å². The third kappa shape index (κ3) is 3.56. The number of hydrogen-bond donors (Lipinski definition) is 1.